The number of anilines is 2. The van der Waals surface area contributed by atoms with Gasteiger partial charge in [0.15, 0.2) is 5.69 Å². The maximum atomic E-state index is 12.5. The summed E-state index contributed by atoms with van der Waals surface area (Å²) in [4.78, 5) is 31.1. The molecule has 0 radical (unpaired) electrons. The van der Waals surface area contributed by atoms with E-state index in [0.29, 0.717) is 18.8 Å². The molecule has 3 aromatic rings. The van der Waals surface area contributed by atoms with Gasteiger partial charge in [0.05, 0.1) is 6.20 Å². The summed E-state index contributed by atoms with van der Waals surface area (Å²) >= 11 is 0. The summed E-state index contributed by atoms with van der Waals surface area (Å²) in [6.07, 6.45) is 2.53. The van der Waals surface area contributed by atoms with Gasteiger partial charge in [-0.25, -0.2) is 4.98 Å². The Bertz CT molecular complexity index is 1030. The normalized spacial score (nSPS) is 10.7. The van der Waals surface area contributed by atoms with E-state index in [4.69, 9.17) is 0 Å². The van der Waals surface area contributed by atoms with E-state index in [9.17, 15) is 14.7 Å². The fourth-order valence-corrected chi connectivity index (χ4v) is 2.71. The molecule has 2 N–H and O–H groups in total. The zero-order chi connectivity index (χ0) is 20.3. The van der Waals surface area contributed by atoms with Gasteiger partial charge in [0.25, 0.3) is 11.5 Å². The molecule has 0 aliphatic carbocycles. The predicted molar refractivity (Wildman–Crippen MR) is 104 cm³/mol. The number of aromatic hydroxyl groups is 1. The molecular formula is C19H21N5O4. The minimum Gasteiger partial charge on any atom is -0.501 e. The summed E-state index contributed by atoms with van der Waals surface area (Å²) < 4.78 is 5.88. The lowest BCUT2D eigenvalue weighted by atomic mass is 10.1. The number of nitrogens with zero attached hydrogens (tertiary/aromatic N) is 4. The third-order valence-corrected chi connectivity index (χ3v) is 4.31. The number of benzene rings is 1. The first kappa shape index (κ1) is 19.2. The minimum absolute atomic E-state index is 0.279. The molecule has 3 rings (SSSR count). The molecule has 0 saturated heterocycles. The van der Waals surface area contributed by atoms with Gasteiger partial charge >= 0.3 is 0 Å². The lowest BCUT2D eigenvalue weighted by Crippen LogP contribution is -2.33. The zero-order valence-electron chi connectivity index (χ0n) is 15.8. The SMILES string of the molecule is CCN(Cc1ccc(C)cc1)c1nc(C(=O)Nc2cnoc2)c(O)c(=O)n1C. The van der Waals surface area contributed by atoms with Crippen LogP contribution in [0.3, 0.4) is 0 Å². The van der Waals surface area contributed by atoms with Crippen LogP contribution in [-0.4, -0.2) is 32.3 Å². The van der Waals surface area contributed by atoms with Crippen molar-refractivity contribution in [3.63, 3.8) is 0 Å². The Morgan fingerprint density at radius 3 is 2.64 bits per heavy atom. The average molecular weight is 383 g/mol. The number of rotatable bonds is 6. The molecule has 146 valence electrons. The first-order valence-electron chi connectivity index (χ1n) is 8.72. The first-order chi connectivity index (χ1) is 13.4. The fourth-order valence-electron chi connectivity index (χ4n) is 2.71. The summed E-state index contributed by atoms with van der Waals surface area (Å²) in [7, 11) is 1.50. The first-order valence-corrected chi connectivity index (χ1v) is 8.72. The topological polar surface area (TPSA) is 113 Å². The molecule has 0 saturated carbocycles. The van der Waals surface area contributed by atoms with Crippen molar-refractivity contribution in [3.8, 4) is 5.75 Å². The molecule has 0 aliphatic heterocycles. The van der Waals surface area contributed by atoms with E-state index < -0.39 is 17.2 Å². The molecule has 0 bridgehead atoms. The third kappa shape index (κ3) is 3.88. The summed E-state index contributed by atoms with van der Waals surface area (Å²) in [6, 6.07) is 8.00. The summed E-state index contributed by atoms with van der Waals surface area (Å²) in [6.45, 7) is 4.97. The number of carbonyl (C=O) groups is 1. The lowest BCUT2D eigenvalue weighted by Gasteiger charge is -2.24. The van der Waals surface area contributed by atoms with Gasteiger partial charge in [0.2, 0.25) is 11.7 Å². The molecule has 1 amide bonds. The summed E-state index contributed by atoms with van der Waals surface area (Å²) in [5.74, 6) is -1.17. The average Bonchev–Trinajstić information content (AvgIpc) is 3.19. The molecule has 0 aliphatic rings. The largest absolute Gasteiger partial charge is 0.501 e. The highest BCUT2D eigenvalue weighted by Gasteiger charge is 2.23. The van der Waals surface area contributed by atoms with Gasteiger partial charge < -0.3 is 19.8 Å². The zero-order valence-corrected chi connectivity index (χ0v) is 15.8. The Morgan fingerprint density at radius 2 is 2.04 bits per heavy atom. The van der Waals surface area contributed by atoms with E-state index in [1.807, 2.05) is 43.0 Å². The van der Waals surface area contributed by atoms with Crippen molar-refractivity contribution >= 4 is 17.5 Å². The molecule has 0 fully saturated rings. The van der Waals surface area contributed by atoms with E-state index in [1.54, 1.807) is 0 Å². The molecular weight excluding hydrogens is 362 g/mol. The number of amides is 1. The fraction of sp³-hybridized carbons (Fsp3) is 0.263. The van der Waals surface area contributed by atoms with Crippen molar-refractivity contribution in [2.45, 2.75) is 20.4 Å². The van der Waals surface area contributed by atoms with Crippen LogP contribution >= 0.6 is 0 Å². The lowest BCUT2D eigenvalue weighted by molar-refractivity contribution is 0.101. The Balaban J connectivity index is 1.97. The highest BCUT2D eigenvalue weighted by atomic mass is 16.5. The summed E-state index contributed by atoms with van der Waals surface area (Å²) in [5, 5.41) is 16.1. The summed E-state index contributed by atoms with van der Waals surface area (Å²) in [5.41, 5.74) is 1.41. The number of aryl methyl sites for hydroxylation is 1. The van der Waals surface area contributed by atoms with Crippen LogP contribution in [0.2, 0.25) is 0 Å². The number of aromatic nitrogens is 3. The van der Waals surface area contributed by atoms with E-state index in [-0.39, 0.29) is 11.6 Å². The highest BCUT2D eigenvalue weighted by molar-refractivity contribution is 6.04. The van der Waals surface area contributed by atoms with Crippen LogP contribution in [0.15, 0.2) is 46.0 Å². The number of hydrogen-bond donors (Lipinski definition) is 2. The van der Waals surface area contributed by atoms with Crippen molar-refractivity contribution in [3.05, 3.63) is 63.9 Å². The van der Waals surface area contributed by atoms with Gasteiger partial charge in [-0.15, -0.1) is 0 Å². The minimum atomic E-state index is -0.731. The molecule has 2 aromatic heterocycles. The number of carbonyl (C=O) groups excluding carboxylic acids is 1. The molecule has 9 heteroatoms. The molecule has 0 unspecified atom stereocenters. The van der Waals surface area contributed by atoms with Gasteiger partial charge in [-0.3, -0.25) is 14.2 Å². The van der Waals surface area contributed by atoms with E-state index in [2.05, 4.69) is 20.0 Å². The monoisotopic (exact) mass is 383 g/mol. The Labute approximate surface area is 161 Å². The maximum absolute atomic E-state index is 12.5. The second-order valence-electron chi connectivity index (χ2n) is 6.34. The van der Waals surface area contributed by atoms with Gasteiger partial charge in [-0.2, -0.15) is 0 Å². The molecule has 9 nitrogen and oxygen atoms in total. The van der Waals surface area contributed by atoms with Crippen molar-refractivity contribution in [2.24, 2.45) is 7.05 Å². The molecule has 0 atom stereocenters. The van der Waals surface area contributed by atoms with Crippen molar-refractivity contribution in [1.29, 1.82) is 0 Å². The quantitative estimate of drug-likeness (QED) is 0.670. The Hall–Kier alpha value is -3.62. The van der Waals surface area contributed by atoms with Crippen LogP contribution in [0.1, 0.15) is 28.5 Å². The number of nitrogens with one attached hydrogen (secondary N) is 1. The van der Waals surface area contributed by atoms with E-state index in [1.165, 1.54) is 24.1 Å². The van der Waals surface area contributed by atoms with Crippen molar-refractivity contribution < 1.29 is 14.4 Å². The number of hydrogen-bond acceptors (Lipinski definition) is 7. The highest BCUT2D eigenvalue weighted by Crippen LogP contribution is 2.19. The van der Waals surface area contributed by atoms with Crippen molar-refractivity contribution in [1.82, 2.24) is 14.7 Å². The van der Waals surface area contributed by atoms with Gasteiger partial charge in [0, 0.05) is 20.1 Å². The second-order valence-corrected chi connectivity index (χ2v) is 6.34. The Morgan fingerprint density at radius 1 is 1.32 bits per heavy atom. The smallest absolute Gasteiger partial charge is 0.297 e. The van der Waals surface area contributed by atoms with Crippen LogP contribution in [-0.2, 0) is 13.6 Å². The third-order valence-electron chi connectivity index (χ3n) is 4.31. The van der Waals surface area contributed by atoms with E-state index in [0.717, 1.165) is 11.1 Å². The van der Waals surface area contributed by atoms with Gasteiger partial charge in [0.1, 0.15) is 12.0 Å². The van der Waals surface area contributed by atoms with Crippen LogP contribution in [0, 0.1) is 6.92 Å². The van der Waals surface area contributed by atoms with Crippen LogP contribution in [0.4, 0.5) is 11.6 Å². The van der Waals surface area contributed by atoms with Gasteiger partial charge in [-0.05, 0) is 19.4 Å². The van der Waals surface area contributed by atoms with Gasteiger partial charge in [-0.1, -0.05) is 35.0 Å². The van der Waals surface area contributed by atoms with E-state index >= 15 is 0 Å². The predicted octanol–water partition coefficient (Wildman–Crippen LogP) is 2.06. The van der Waals surface area contributed by atoms with Crippen molar-refractivity contribution in [2.75, 3.05) is 16.8 Å². The Kier molecular flexibility index (Phi) is 5.44. The second kappa shape index (κ2) is 7.95. The molecule has 0 spiro atoms. The maximum Gasteiger partial charge on any atom is 0.297 e. The van der Waals surface area contributed by atoms with Crippen LogP contribution in [0.5, 0.6) is 5.75 Å². The molecule has 28 heavy (non-hydrogen) atoms. The van der Waals surface area contributed by atoms with Crippen LogP contribution in [0.25, 0.3) is 0 Å². The standard InChI is InChI=1S/C19H21N5O4/c1-4-24(10-13-7-5-12(2)6-8-13)19-22-15(16(25)18(27)23(19)3)17(26)21-14-9-20-28-11-14/h5-9,11,25H,4,10H2,1-3H3,(H,21,26). The molecule has 2 heterocycles. The molecule has 1 aromatic carbocycles. The van der Waals surface area contributed by atoms with Crippen LogP contribution < -0.4 is 15.8 Å².